The van der Waals surface area contributed by atoms with Crippen molar-refractivity contribution < 1.29 is 4.79 Å². The van der Waals surface area contributed by atoms with Crippen molar-refractivity contribution in [2.24, 2.45) is 0 Å². The van der Waals surface area contributed by atoms with Crippen LogP contribution in [0.25, 0.3) is 6.08 Å². The molecule has 0 spiro atoms. The van der Waals surface area contributed by atoms with Gasteiger partial charge in [-0.05, 0) is 49.5 Å². The minimum absolute atomic E-state index is 0.0324. The van der Waals surface area contributed by atoms with Crippen LogP contribution in [0.4, 0.5) is 0 Å². The van der Waals surface area contributed by atoms with Crippen molar-refractivity contribution in [3.63, 3.8) is 0 Å². The Morgan fingerprint density at radius 1 is 1.19 bits per heavy atom. The van der Waals surface area contributed by atoms with Gasteiger partial charge in [-0.2, -0.15) is 0 Å². The molecule has 1 aromatic carbocycles. The second-order valence-corrected chi connectivity index (χ2v) is 4.34. The van der Waals surface area contributed by atoms with Crippen molar-refractivity contribution in [3.05, 3.63) is 72.0 Å². The lowest BCUT2D eigenvalue weighted by Gasteiger charge is -2.00. The molecule has 0 bridgehead atoms. The van der Waals surface area contributed by atoms with Gasteiger partial charge in [-0.15, -0.1) is 0 Å². The van der Waals surface area contributed by atoms with Crippen molar-refractivity contribution in [1.82, 2.24) is 0 Å². The highest BCUT2D eigenvalue weighted by Crippen LogP contribution is 2.24. The molecule has 2 rings (SSSR count). The highest BCUT2D eigenvalue weighted by Gasteiger charge is 2.22. The number of hydrogen-bond donors (Lipinski definition) is 0. The summed E-state index contributed by atoms with van der Waals surface area (Å²) in [6.07, 6.45) is 10.8. The average Bonchev–Trinajstić information content (AvgIpc) is 2.79. The summed E-state index contributed by atoms with van der Waals surface area (Å²) in [5, 5.41) is 0. The molecule has 0 aliphatic heterocycles. The maximum atomic E-state index is 11.7. The molecule has 1 saturated carbocycles. The first kappa shape index (κ1) is 11.6. The zero-order chi connectivity index (χ0) is 11.4. The average molecular weight is 274 g/mol. The predicted molar refractivity (Wildman–Crippen MR) is 68.6 cm³/mol. The Balaban J connectivity index is 2.00. The van der Waals surface area contributed by atoms with E-state index in [0.717, 1.165) is 16.0 Å². The Bertz CT molecular complexity index is 403. The SMILES string of the molecule is O=C(/C=C/c1cccc(Br)c1)[C]1[CH][CH][CH][CH]1. The molecule has 2 heteroatoms. The van der Waals surface area contributed by atoms with E-state index >= 15 is 0 Å². The van der Waals surface area contributed by atoms with E-state index < -0.39 is 0 Å². The van der Waals surface area contributed by atoms with Gasteiger partial charge in [0.05, 0.1) is 5.92 Å². The van der Waals surface area contributed by atoms with Gasteiger partial charge in [-0.1, -0.05) is 34.1 Å². The normalized spacial score (nSPS) is 17.1. The summed E-state index contributed by atoms with van der Waals surface area (Å²) in [5.74, 6) is 0.760. The smallest absolute Gasteiger partial charge is 0.163 e. The standard InChI is InChI=1S/C14H10BrO/c15-13-7-3-4-11(10-13)8-9-14(16)12-5-1-2-6-12/h1-10H/b9-8+. The second-order valence-electron chi connectivity index (χ2n) is 3.43. The molecule has 1 aromatic rings. The molecule has 1 aliphatic carbocycles. The largest absolute Gasteiger partial charge is 0.294 e. The maximum Gasteiger partial charge on any atom is 0.163 e. The highest BCUT2D eigenvalue weighted by atomic mass is 79.9. The van der Waals surface area contributed by atoms with Gasteiger partial charge in [0.1, 0.15) is 0 Å². The molecule has 0 amide bonds. The number of benzene rings is 1. The molecule has 0 atom stereocenters. The predicted octanol–water partition coefficient (Wildman–Crippen LogP) is 3.44. The molecule has 0 saturated heterocycles. The monoisotopic (exact) mass is 273 g/mol. The molecule has 0 heterocycles. The molecular weight excluding hydrogens is 264 g/mol. The lowest BCUT2D eigenvalue weighted by atomic mass is 10.0. The summed E-state index contributed by atoms with van der Waals surface area (Å²) in [6.45, 7) is 0. The number of carbonyl (C=O) groups excluding carboxylic acids is 1. The minimum atomic E-state index is 0.0324. The molecule has 1 aliphatic rings. The summed E-state index contributed by atoms with van der Waals surface area (Å²) in [6, 6.07) is 7.82. The first-order chi connectivity index (χ1) is 7.75. The quantitative estimate of drug-likeness (QED) is 0.772. The van der Waals surface area contributed by atoms with Gasteiger partial charge in [-0.3, -0.25) is 4.79 Å². The zero-order valence-electron chi connectivity index (χ0n) is 8.56. The number of rotatable bonds is 3. The Morgan fingerprint density at radius 3 is 2.62 bits per heavy atom. The van der Waals surface area contributed by atoms with Crippen LogP contribution in [0.3, 0.4) is 0 Å². The second kappa shape index (κ2) is 5.44. The van der Waals surface area contributed by atoms with Crippen LogP contribution in [0.1, 0.15) is 5.56 Å². The Hall–Kier alpha value is -0.890. The van der Waals surface area contributed by atoms with E-state index in [1.54, 1.807) is 6.08 Å². The van der Waals surface area contributed by atoms with Crippen molar-refractivity contribution in [1.29, 1.82) is 0 Å². The van der Waals surface area contributed by atoms with Crippen molar-refractivity contribution in [3.8, 4) is 0 Å². The lowest BCUT2D eigenvalue weighted by Crippen LogP contribution is -2.05. The third-order valence-corrected chi connectivity index (χ3v) is 2.72. The van der Waals surface area contributed by atoms with Gasteiger partial charge in [0.15, 0.2) is 5.78 Å². The molecule has 1 nitrogen and oxygen atoms in total. The molecule has 0 unspecified atom stereocenters. The van der Waals surface area contributed by atoms with Gasteiger partial charge in [0.2, 0.25) is 0 Å². The van der Waals surface area contributed by atoms with Gasteiger partial charge < -0.3 is 0 Å². The number of allylic oxidation sites excluding steroid dienone is 1. The Kier molecular flexibility index (Phi) is 3.94. The van der Waals surface area contributed by atoms with Gasteiger partial charge >= 0.3 is 0 Å². The van der Waals surface area contributed by atoms with Gasteiger partial charge in [0.25, 0.3) is 0 Å². The maximum absolute atomic E-state index is 11.7. The van der Waals surface area contributed by atoms with Crippen LogP contribution in [-0.4, -0.2) is 5.78 Å². The molecule has 0 N–H and O–H groups in total. The van der Waals surface area contributed by atoms with Crippen LogP contribution in [0.15, 0.2) is 34.8 Å². The van der Waals surface area contributed by atoms with E-state index in [1.807, 2.05) is 56.0 Å². The fourth-order valence-electron chi connectivity index (χ4n) is 1.42. The van der Waals surface area contributed by atoms with E-state index in [-0.39, 0.29) is 5.78 Å². The Morgan fingerprint density at radius 2 is 1.94 bits per heavy atom. The third kappa shape index (κ3) is 3.05. The van der Waals surface area contributed by atoms with Crippen LogP contribution in [0.5, 0.6) is 0 Å². The van der Waals surface area contributed by atoms with Crippen molar-refractivity contribution in [2.75, 3.05) is 0 Å². The van der Waals surface area contributed by atoms with Crippen LogP contribution < -0.4 is 0 Å². The summed E-state index contributed by atoms with van der Waals surface area (Å²) in [5.41, 5.74) is 1.01. The number of ketones is 1. The minimum Gasteiger partial charge on any atom is -0.294 e. The van der Waals surface area contributed by atoms with E-state index in [0.29, 0.717) is 0 Å². The van der Waals surface area contributed by atoms with E-state index in [9.17, 15) is 4.79 Å². The molecule has 0 aromatic heterocycles. The lowest BCUT2D eigenvalue weighted by molar-refractivity contribution is -0.112. The number of carbonyl (C=O) groups is 1. The Labute approximate surface area is 105 Å². The molecule has 16 heavy (non-hydrogen) atoms. The van der Waals surface area contributed by atoms with Crippen LogP contribution in [0, 0.1) is 31.6 Å². The first-order valence-corrected chi connectivity index (χ1v) is 5.75. The van der Waals surface area contributed by atoms with Crippen LogP contribution >= 0.6 is 15.9 Å². The summed E-state index contributed by atoms with van der Waals surface area (Å²) >= 11 is 3.39. The molecular formula is C14H10BrO. The van der Waals surface area contributed by atoms with E-state index in [1.165, 1.54) is 0 Å². The molecule has 1 fully saturated rings. The first-order valence-electron chi connectivity index (χ1n) is 4.95. The molecule has 5 radical (unpaired) electrons. The van der Waals surface area contributed by atoms with E-state index in [2.05, 4.69) is 15.9 Å². The highest BCUT2D eigenvalue weighted by molar-refractivity contribution is 9.10. The molecule has 79 valence electrons. The summed E-state index contributed by atoms with van der Waals surface area (Å²) in [4.78, 5) is 11.7. The van der Waals surface area contributed by atoms with Crippen molar-refractivity contribution >= 4 is 27.8 Å². The van der Waals surface area contributed by atoms with Gasteiger partial charge in [0, 0.05) is 4.47 Å². The van der Waals surface area contributed by atoms with Crippen molar-refractivity contribution in [2.45, 2.75) is 0 Å². The summed E-state index contributed by atoms with van der Waals surface area (Å²) in [7, 11) is 0. The zero-order valence-corrected chi connectivity index (χ0v) is 10.1. The van der Waals surface area contributed by atoms with Gasteiger partial charge in [-0.25, -0.2) is 0 Å². The topological polar surface area (TPSA) is 17.1 Å². The van der Waals surface area contributed by atoms with Crippen LogP contribution in [0.2, 0.25) is 0 Å². The fraction of sp³-hybridized carbons (Fsp3) is 0. The third-order valence-electron chi connectivity index (χ3n) is 2.22. The number of hydrogen-bond acceptors (Lipinski definition) is 1. The number of halogens is 1. The fourth-order valence-corrected chi connectivity index (χ4v) is 1.83. The summed E-state index contributed by atoms with van der Waals surface area (Å²) < 4.78 is 1.01. The van der Waals surface area contributed by atoms with E-state index in [4.69, 9.17) is 0 Å². The van der Waals surface area contributed by atoms with Crippen LogP contribution in [-0.2, 0) is 4.79 Å².